The van der Waals surface area contributed by atoms with E-state index in [1.165, 1.54) is 13.0 Å². The van der Waals surface area contributed by atoms with E-state index >= 15 is 0 Å². The van der Waals surface area contributed by atoms with Gasteiger partial charge in [0.2, 0.25) is 0 Å². The maximum atomic E-state index is 14.4. The van der Waals surface area contributed by atoms with Gasteiger partial charge in [0.1, 0.15) is 5.82 Å². The van der Waals surface area contributed by atoms with Crippen molar-refractivity contribution < 1.29 is 13.2 Å². The maximum absolute atomic E-state index is 14.4. The van der Waals surface area contributed by atoms with Crippen molar-refractivity contribution in [2.75, 3.05) is 11.4 Å². The second-order valence-electron chi connectivity index (χ2n) is 6.63. The van der Waals surface area contributed by atoms with Crippen LogP contribution in [0.3, 0.4) is 0 Å². The third kappa shape index (κ3) is 3.26. The Hall–Kier alpha value is -1.19. The minimum Gasteiger partial charge on any atom is -0.362 e. The zero-order chi connectivity index (χ0) is 16.5. The molecule has 0 saturated carbocycles. The van der Waals surface area contributed by atoms with Crippen LogP contribution in [0.15, 0.2) is 12.1 Å². The Kier molecular flexibility index (Phi) is 5.08. The van der Waals surface area contributed by atoms with Gasteiger partial charge < -0.3 is 4.90 Å². The summed E-state index contributed by atoms with van der Waals surface area (Å²) in [6, 6.07) is 2.48. The van der Waals surface area contributed by atoms with Crippen LogP contribution < -0.4 is 4.90 Å². The van der Waals surface area contributed by atoms with E-state index < -0.39 is 12.0 Å². The molecule has 0 radical (unpaired) electrons. The number of hydrogen-bond acceptors (Lipinski definition) is 1. The first-order valence-corrected chi connectivity index (χ1v) is 8.22. The van der Waals surface area contributed by atoms with Gasteiger partial charge in [-0.3, -0.25) is 0 Å². The average molecular weight is 313 g/mol. The Morgan fingerprint density at radius 2 is 1.95 bits per heavy atom. The summed E-state index contributed by atoms with van der Waals surface area (Å²) in [5.74, 6) is -2.93. The molecular formula is C18H26F3N. The van der Waals surface area contributed by atoms with Gasteiger partial charge in [0.15, 0.2) is 0 Å². The molecule has 1 aromatic rings. The van der Waals surface area contributed by atoms with Crippen molar-refractivity contribution >= 4 is 5.69 Å². The molecule has 0 N–H and O–H groups in total. The van der Waals surface area contributed by atoms with Crippen molar-refractivity contribution in [3.8, 4) is 0 Å². The van der Waals surface area contributed by atoms with Gasteiger partial charge in [0, 0.05) is 18.7 Å². The predicted octanol–water partition coefficient (Wildman–Crippen LogP) is 5.66. The molecule has 0 bridgehead atoms. The van der Waals surface area contributed by atoms with Gasteiger partial charge in [-0.1, -0.05) is 20.8 Å². The third-order valence-electron chi connectivity index (χ3n) is 4.69. The Morgan fingerprint density at radius 3 is 2.50 bits per heavy atom. The summed E-state index contributed by atoms with van der Waals surface area (Å²) >= 11 is 0. The SMILES string of the molecule is CCC(F)(F)C1CCCCN1c1cc(C)c(C(C)C)c(F)c1. The smallest absolute Gasteiger partial charge is 0.267 e. The minimum absolute atomic E-state index is 0.0864. The number of anilines is 1. The molecule has 2 rings (SSSR count). The van der Waals surface area contributed by atoms with Gasteiger partial charge in [-0.05, 0) is 55.4 Å². The van der Waals surface area contributed by atoms with E-state index in [0.29, 0.717) is 24.2 Å². The van der Waals surface area contributed by atoms with E-state index in [9.17, 15) is 13.2 Å². The van der Waals surface area contributed by atoms with Crippen molar-refractivity contribution in [2.45, 2.75) is 71.3 Å². The molecule has 1 fully saturated rings. The quantitative estimate of drug-likeness (QED) is 0.693. The summed E-state index contributed by atoms with van der Waals surface area (Å²) in [5, 5.41) is 0. The summed E-state index contributed by atoms with van der Waals surface area (Å²) in [5.41, 5.74) is 2.12. The molecule has 0 aromatic heterocycles. The van der Waals surface area contributed by atoms with Crippen molar-refractivity contribution in [1.29, 1.82) is 0 Å². The van der Waals surface area contributed by atoms with E-state index in [-0.39, 0.29) is 18.2 Å². The van der Waals surface area contributed by atoms with Crippen LogP contribution in [-0.4, -0.2) is 18.5 Å². The predicted molar refractivity (Wildman–Crippen MR) is 85.4 cm³/mol. The zero-order valence-corrected chi connectivity index (χ0v) is 13.9. The second kappa shape index (κ2) is 6.51. The van der Waals surface area contributed by atoms with E-state index in [0.717, 1.165) is 18.4 Å². The van der Waals surface area contributed by atoms with E-state index in [4.69, 9.17) is 0 Å². The fraction of sp³-hybridized carbons (Fsp3) is 0.667. The summed E-state index contributed by atoms with van der Waals surface area (Å²) in [4.78, 5) is 1.72. The lowest BCUT2D eigenvalue weighted by Gasteiger charge is -2.41. The third-order valence-corrected chi connectivity index (χ3v) is 4.69. The molecule has 1 nitrogen and oxygen atoms in total. The van der Waals surface area contributed by atoms with Gasteiger partial charge in [0.25, 0.3) is 5.92 Å². The number of halogens is 3. The van der Waals surface area contributed by atoms with Gasteiger partial charge in [0.05, 0.1) is 6.04 Å². The Labute approximate surface area is 131 Å². The minimum atomic E-state index is -2.73. The summed E-state index contributed by atoms with van der Waals surface area (Å²) in [6.07, 6.45) is 1.97. The van der Waals surface area contributed by atoms with Gasteiger partial charge in [-0.15, -0.1) is 0 Å². The lowest BCUT2D eigenvalue weighted by molar-refractivity contribution is -0.0374. The average Bonchev–Trinajstić information content (AvgIpc) is 2.46. The standard InChI is InChI=1S/C18H26F3N/c1-5-18(20,21)16-8-6-7-9-22(16)14-10-13(4)17(12(2)3)15(19)11-14/h10-12,16H,5-9H2,1-4H3. The molecule has 0 aliphatic carbocycles. The van der Waals surface area contributed by atoms with Crippen LogP contribution >= 0.6 is 0 Å². The first-order valence-electron chi connectivity index (χ1n) is 8.22. The number of benzene rings is 1. The monoisotopic (exact) mass is 313 g/mol. The van der Waals surface area contributed by atoms with Crippen LogP contribution in [-0.2, 0) is 0 Å². The number of hydrogen-bond donors (Lipinski definition) is 0. The molecule has 1 aliphatic rings. The van der Waals surface area contributed by atoms with E-state index in [1.54, 1.807) is 4.90 Å². The lowest BCUT2D eigenvalue weighted by atomic mass is 9.92. The van der Waals surface area contributed by atoms with Crippen LogP contribution in [0.2, 0.25) is 0 Å². The molecule has 0 spiro atoms. The van der Waals surface area contributed by atoms with Crippen LogP contribution in [0, 0.1) is 12.7 Å². The lowest BCUT2D eigenvalue weighted by Crippen LogP contribution is -2.50. The number of nitrogens with zero attached hydrogens (tertiary/aromatic N) is 1. The van der Waals surface area contributed by atoms with Gasteiger partial charge in [-0.2, -0.15) is 0 Å². The number of rotatable bonds is 4. The van der Waals surface area contributed by atoms with Crippen LogP contribution in [0.4, 0.5) is 18.9 Å². The van der Waals surface area contributed by atoms with E-state index in [2.05, 4.69) is 0 Å². The molecule has 22 heavy (non-hydrogen) atoms. The molecule has 124 valence electrons. The van der Waals surface area contributed by atoms with Crippen LogP contribution in [0.5, 0.6) is 0 Å². The first kappa shape index (κ1) is 17.2. The zero-order valence-electron chi connectivity index (χ0n) is 13.9. The highest BCUT2D eigenvalue weighted by Crippen LogP contribution is 2.37. The van der Waals surface area contributed by atoms with Crippen molar-refractivity contribution in [3.63, 3.8) is 0 Å². The number of alkyl halides is 2. The molecule has 1 aromatic carbocycles. The van der Waals surface area contributed by atoms with Gasteiger partial charge >= 0.3 is 0 Å². The Morgan fingerprint density at radius 1 is 1.27 bits per heavy atom. The fourth-order valence-electron chi connectivity index (χ4n) is 3.55. The summed E-state index contributed by atoms with van der Waals surface area (Å²) in [7, 11) is 0. The number of aryl methyl sites for hydroxylation is 1. The second-order valence-corrected chi connectivity index (χ2v) is 6.63. The molecule has 1 aliphatic heterocycles. The molecule has 1 heterocycles. The Bertz CT molecular complexity index is 502. The van der Waals surface area contributed by atoms with Crippen molar-refractivity contribution in [1.82, 2.24) is 0 Å². The van der Waals surface area contributed by atoms with Crippen molar-refractivity contribution in [3.05, 3.63) is 29.1 Å². The molecule has 1 unspecified atom stereocenters. The normalized spacial score (nSPS) is 19.8. The van der Waals surface area contributed by atoms with E-state index in [1.807, 2.05) is 26.8 Å². The van der Waals surface area contributed by atoms with Crippen molar-refractivity contribution in [2.24, 2.45) is 0 Å². The van der Waals surface area contributed by atoms with Crippen LogP contribution in [0.25, 0.3) is 0 Å². The maximum Gasteiger partial charge on any atom is 0.267 e. The topological polar surface area (TPSA) is 3.24 Å². The fourth-order valence-corrected chi connectivity index (χ4v) is 3.55. The van der Waals surface area contributed by atoms with Crippen LogP contribution in [0.1, 0.15) is 63.5 Å². The summed E-state index contributed by atoms with van der Waals surface area (Å²) < 4.78 is 42.9. The van der Waals surface area contributed by atoms with Gasteiger partial charge in [-0.25, -0.2) is 13.2 Å². The largest absolute Gasteiger partial charge is 0.362 e. The highest BCUT2D eigenvalue weighted by Gasteiger charge is 2.42. The molecule has 1 saturated heterocycles. The number of piperidine rings is 1. The highest BCUT2D eigenvalue weighted by molar-refractivity contribution is 5.53. The molecule has 0 amide bonds. The Balaban J connectivity index is 2.40. The molecule has 4 heteroatoms. The first-order chi connectivity index (χ1) is 10.3. The molecule has 1 atom stereocenters. The summed E-state index contributed by atoms with van der Waals surface area (Å²) in [6.45, 7) is 7.83. The highest BCUT2D eigenvalue weighted by atomic mass is 19.3. The molecular weight excluding hydrogens is 287 g/mol.